The van der Waals surface area contributed by atoms with E-state index in [4.69, 9.17) is 15.3 Å². The van der Waals surface area contributed by atoms with E-state index in [1.807, 2.05) is 0 Å². The van der Waals surface area contributed by atoms with Crippen molar-refractivity contribution in [3.05, 3.63) is 251 Å². The molecule has 1 radical (unpaired) electrons. The molecule has 65 heavy (non-hydrogen) atoms. The predicted octanol–water partition coefficient (Wildman–Crippen LogP) is 1.36. The molecular weight excluding hydrogens is 1090 g/mol. The van der Waals surface area contributed by atoms with Gasteiger partial charge in [0.15, 0.2) is 0 Å². The first-order chi connectivity index (χ1) is 30.1. The second-order valence-corrected chi connectivity index (χ2v) is 11.6. The summed E-state index contributed by atoms with van der Waals surface area (Å²) in [6.07, 6.45) is 0. The molecule has 0 aliphatic heterocycles. The Balaban J connectivity index is 0. The van der Waals surface area contributed by atoms with Crippen molar-refractivity contribution in [2.45, 2.75) is 0 Å². The second-order valence-electron chi connectivity index (χ2n) is 11.6. The topological polar surface area (TPSA) is 272 Å². The fourth-order valence-corrected chi connectivity index (χ4v) is 4.04. The third kappa shape index (κ3) is 29.5. The van der Waals surface area contributed by atoms with Crippen LogP contribution in [0.15, 0.2) is 212 Å². The Bertz CT molecular complexity index is 1930. The number of hydrogen-bond donors (Lipinski definition) is 3. The molecule has 0 amide bonds. The zero-order valence-corrected chi connectivity index (χ0v) is 41.3. The van der Waals surface area contributed by atoms with Crippen molar-refractivity contribution in [2.24, 2.45) is 0 Å². The van der Waals surface area contributed by atoms with E-state index in [-0.39, 0.29) is 104 Å². The van der Waals surface area contributed by atoms with Gasteiger partial charge in [0.1, 0.15) is 0 Å². The summed E-state index contributed by atoms with van der Waals surface area (Å²) in [4.78, 5) is 71.0. The van der Waals surface area contributed by atoms with Gasteiger partial charge in [0.2, 0.25) is 0 Å². The largest absolute Gasteiger partial charge is 1.00 e. The first-order valence-electron chi connectivity index (χ1n) is 18.0. The Kier molecular flexibility index (Phi) is 34.4. The Labute approximate surface area is 439 Å². The third-order valence-corrected chi connectivity index (χ3v) is 7.10. The van der Waals surface area contributed by atoms with E-state index in [0.29, 0.717) is 16.7 Å². The molecule has 0 bridgehead atoms. The molecule has 0 aromatic heterocycles. The van der Waals surface area contributed by atoms with Gasteiger partial charge >= 0.3 is 69.3 Å². The van der Waals surface area contributed by atoms with Gasteiger partial charge < -0.3 is 54.9 Å². The average molecular weight is 1130 g/mol. The van der Waals surface area contributed by atoms with Crippen LogP contribution in [0.4, 0.5) is 0 Å². The molecule has 0 aliphatic carbocycles. The van der Waals surface area contributed by atoms with Crippen molar-refractivity contribution in [3.8, 4) is 0 Å². The molecule has 3 N–H and O–H groups in total. The average Bonchev–Trinajstić information content (AvgIpc) is 3.32. The van der Waals surface area contributed by atoms with Crippen LogP contribution < -0.4 is 71.8 Å². The Hall–Kier alpha value is -6.52. The number of benzene rings is 7. The molecule has 7 aromatic carbocycles. The minimum absolute atomic E-state index is 0. The quantitative estimate of drug-likeness (QED) is 0.190. The summed E-state index contributed by atoms with van der Waals surface area (Å²) in [5.41, 5.74) is 1.87. The molecule has 16 heteroatoms. The van der Waals surface area contributed by atoms with Crippen LogP contribution in [0, 0.1) is 29.9 Å². The van der Waals surface area contributed by atoms with Crippen molar-refractivity contribution >= 4 is 41.8 Å². The first-order valence-corrected chi connectivity index (χ1v) is 18.0. The van der Waals surface area contributed by atoms with Crippen LogP contribution >= 0.6 is 0 Å². The van der Waals surface area contributed by atoms with Crippen LogP contribution in [0.3, 0.4) is 0 Å². The van der Waals surface area contributed by atoms with Crippen molar-refractivity contribution in [2.75, 3.05) is 0 Å². The van der Waals surface area contributed by atoms with Crippen LogP contribution in [0.5, 0.6) is 0 Å². The van der Waals surface area contributed by atoms with Crippen molar-refractivity contribution in [1.29, 1.82) is 0 Å². The molecular formula is C49H38KNpO14-3. The van der Waals surface area contributed by atoms with E-state index in [1.165, 1.54) is 48.5 Å². The number of hydrogen-bond acceptors (Lipinski definition) is 11. The van der Waals surface area contributed by atoms with Gasteiger partial charge in [0.25, 0.3) is 0 Å². The van der Waals surface area contributed by atoms with Gasteiger partial charge in [-0.25, -0.2) is 14.4 Å². The molecule has 0 heterocycles. The van der Waals surface area contributed by atoms with Crippen LogP contribution in [0.2, 0.25) is 0 Å². The summed E-state index contributed by atoms with van der Waals surface area (Å²) in [5.74, 6) is -7.15. The summed E-state index contributed by atoms with van der Waals surface area (Å²) in [6, 6.07) is 57.1. The number of aromatic carboxylic acids is 7. The van der Waals surface area contributed by atoms with Gasteiger partial charge in [-0.1, -0.05) is 176 Å². The van der Waals surface area contributed by atoms with Gasteiger partial charge in [-0.15, -0.1) is 0 Å². The second kappa shape index (κ2) is 36.9. The van der Waals surface area contributed by atoms with Crippen molar-refractivity contribution < 1.29 is 151 Å². The molecule has 0 unspecified atom stereocenters. The van der Waals surface area contributed by atoms with Crippen LogP contribution in [-0.4, -0.2) is 57.1 Å². The Morgan fingerprint density at radius 3 is 0.415 bits per heavy atom. The maximum absolute atomic E-state index is 10.2. The Morgan fingerprint density at radius 1 is 0.246 bits per heavy atom. The monoisotopic (exact) mass is 1130 g/mol. The Morgan fingerprint density at radius 2 is 0.354 bits per heavy atom. The molecule has 0 aliphatic rings. The molecule has 0 saturated heterocycles. The zero-order chi connectivity index (χ0) is 46.8. The molecule has 0 spiro atoms. The summed E-state index contributed by atoms with van der Waals surface area (Å²) >= 11 is 0. The normalized spacial score (nSPS) is 8.62. The summed E-state index contributed by atoms with van der Waals surface area (Å²) in [6.45, 7) is 0. The minimum Gasteiger partial charge on any atom is -0.545 e. The van der Waals surface area contributed by atoms with Crippen molar-refractivity contribution in [1.82, 2.24) is 0 Å². The SMILES string of the molecule is O=C(O)c1ccccc1.O=C(O)c1ccccc1.O=C(O)c1ccccc1.O=C([O-])c1ccccc1.O=C([O-])c1ccccc1.O=C([O-])c1ccccc1.O=C([O-])c1ccccc1.[K+].[Np]. The smallest absolute Gasteiger partial charge is 0.545 e. The van der Waals surface area contributed by atoms with Gasteiger partial charge in [0.05, 0.1) is 40.6 Å². The number of carbonyl (C=O) groups is 7. The van der Waals surface area contributed by atoms with E-state index in [1.54, 1.807) is 164 Å². The van der Waals surface area contributed by atoms with Gasteiger partial charge in [-0.2, -0.15) is 0 Å². The molecule has 7 aromatic rings. The maximum atomic E-state index is 10.2. The number of carbonyl (C=O) groups excluding carboxylic acids is 4. The standard InChI is InChI=1S/7C7H6O2.K.Np/c7*8-7(9)6-4-2-1-3-5-6;;/h7*1-5H,(H,8,9);;/q;;;;;;;+1;/p-4. The number of carboxylic acid groups (broad SMARTS) is 7. The van der Waals surface area contributed by atoms with E-state index in [0.717, 1.165) is 0 Å². The number of rotatable bonds is 7. The van der Waals surface area contributed by atoms with Crippen LogP contribution in [0.25, 0.3) is 0 Å². The minimum atomic E-state index is -1.13. The molecule has 0 atom stereocenters. The van der Waals surface area contributed by atoms with Crippen LogP contribution in [0.1, 0.15) is 72.5 Å². The third-order valence-electron chi connectivity index (χ3n) is 7.10. The number of carboxylic acids is 7. The molecule has 14 nitrogen and oxygen atoms in total. The van der Waals surface area contributed by atoms with Gasteiger partial charge in [-0.3, -0.25) is 0 Å². The van der Waals surface area contributed by atoms with Crippen molar-refractivity contribution in [3.63, 3.8) is 0 Å². The summed E-state index contributed by atoms with van der Waals surface area (Å²) in [7, 11) is 0. The van der Waals surface area contributed by atoms with E-state index >= 15 is 0 Å². The summed E-state index contributed by atoms with van der Waals surface area (Å²) < 4.78 is 0. The van der Waals surface area contributed by atoms with Gasteiger partial charge in [0, 0.05) is 29.9 Å². The molecule has 0 saturated carbocycles. The molecule has 7 rings (SSSR count). The van der Waals surface area contributed by atoms with E-state index in [2.05, 4.69) is 0 Å². The fourth-order valence-electron chi connectivity index (χ4n) is 4.04. The van der Waals surface area contributed by atoms with Gasteiger partial charge in [-0.05, 0) is 58.7 Å². The fraction of sp³-hybridized carbons (Fsp3) is 0. The molecule has 327 valence electrons. The van der Waals surface area contributed by atoms with Crippen LogP contribution in [-0.2, 0) is 0 Å². The zero-order valence-electron chi connectivity index (χ0n) is 34.5. The van der Waals surface area contributed by atoms with E-state index in [9.17, 15) is 54.0 Å². The first kappa shape index (κ1) is 60.6. The van der Waals surface area contributed by atoms with E-state index < -0.39 is 41.8 Å². The maximum Gasteiger partial charge on any atom is 1.00 e. The summed E-state index contributed by atoms with van der Waals surface area (Å²) in [5, 5.41) is 65.5. The predicted molar refractivity (Wildman–Crippen MR) is 223 cm³/mol. The molecule has 0 fully saturated rings.